The highest BCUT2D eigenvalue weighted by atomic mass is 16.2. The fraction of sp³-hybridized carbons (Fsp3) is 0.333. The Morgan fingerprint density at radius 1 is 1.15 bits per heavy atom. The molecule has 0 saturated carbocycles. The van der Waals surface area contributed by atoms with E-state index in [0.29, 0.717) is 24.2 Å². The van der Waals surface area contributed by atoms with Crippen molar-refractivity contribution in [3.63, 3.8) is 0 Å². The molecule has 106 valence electrons. The maximum Gasteiger partial charge on any atom is 0.251 e. The molecule has 0 aromatic heterocycles. The zero-order valence-electron chi connectivity index (χ0n) is 11.3. The van der Waals surface area contributed by atoms with Gasteiger partial charge in [0.05, 0.1) is 6.54 Å². The van der Waals surface area contributed by atoms with Gasteiger partial charge in [-0.25, -0.2) is 0 Å². The average molecular weight is 273 g/mol. The lowest BCUT2D eigenvalue weighted by atomic mass is 10.2. The lowest BCUT2D eigenvalue weighted by Gasteiger charge is -2.06. The van der Waals surface area contributed by atoms with Crippen molar-refractivity contribution in [2.75, 3.05) is 18.8 Å². The van der Waals surface area contributed by atoms with E-state index in [1.54, 1.807) is 24.3 Å². The third-order valence-corrected chi connectivity index (χ3v) is 2.65. The predicted molar refractivity (Wildman–Crippen MR) is 78.9 cm³/mol. The third-order valence-electron chi connectivity index (χ3n) is 2.65. The van der Waals surface area contributed by atoms with Gasteiger partial charge in [0, 0.05) is 24.2 Å². The van der Waals surface area contributed by atoms with E-state index in [0.717, 1.165) is 12.8 Å². The van der Waals surface area contributed by atoms with Gasteiger partial charge < -0.3 is 16.4 Å². The topological polar surface area (TPSA) is 84.2 Å². The van der Waals surface area contributed by atoms with Crippen LogP contribution < -0.4 is 16.4 Å². The first-order valence-electron chi connectivity index (χ1n) is 6.47. The number of benzene rings is 1. The summed E-state index contributed by atoms with van der Waals surface area (Å²) in [6, 6.07) is 6.51. The highest BCUT2D eigenvalue weighted by molar-refractivity contribution is 5.96. The van der Waals surface area contributed by atoms with Crippen molar-refractivity contribution >= 4 is 17.5 Å². The molecule has 4 N–H and O–H groups in total. The molecule has 5 heteroatoms. The van der Waals surface area contributed by atoms with Crippen LogP contribution in [0.4, 0.5) is 5.69 Å². The first-order valence-corrected chi connectivity index (χ1v) is 6.47. The Bertz CT molecular complexity index is 489. The van der Waals surface area contributed by atoms with Crippen molar-refractivity contribution < 1.29 is 9.59 Å². The molecule has 0 radical (unpaired) electrons. The first kappa shape index (κ1) is 15.6. The second-order valence-corrected chi connectivity index (χ2v) is 4.32. The highest BCUT2D eigenvalue weighted by Crippen LogP contribution is 2.04. The number of hydrogen-bond donors (Lipinski definition) is 3. The molecule has 0 unspecified atom stereocenters. The molecule has 0 aliphatic rings. The molecule has 2 amide bonds. The number of terminal acetylenes is 1. The van der Waals surface area contributed by atoms with E-state index in [1.807, 2.05) is 0 Å². The van der Waals surface area contributed by atoms with Crippen LogP contribution in [0.2, 0.25) is 0 Å². The minimum absolute atomic E-state index is 0.0433. The fourth-order valence-electron chi connectivity index (χ4n) is 1.54. The van der Waals surface area contributed by atoms with Crippen molar-refractivity contribution in [1.82, 2.24) is 10.6 Å². The summed E-state index contributed by atoms with van der Waals surface area (Å²) in [4.78, 5) is 23.2. The number of amides is 2. The van der Waals surface area contributed by atoms with E-state index in [-0.39, 0.29) is 18.4 Å². The number of hydrogen-bond acceptors (Lipinski definition) is 3. The summed E-state index contributed by atoms with van der Waals surface area (Å²) in [5, 5.41) is 5.26. The van der Waals surface area contributed by atoms with Crippen molar-refractivity contribution in [3.8, 4) is 12.3 Å². The smallest absolute Gasteiger partial charge is 0.251 e. The van der Waals surface area contributed by atoms with Crippen LogP contribution >= 0.6 is 0 Å². The summed E-state index contributed by atoms with van der Waals surface area (Å²) in [7, 11) is 0. The maximum atomic E-state index is 11.7. The van der Waals surface area contributed by atoms with Crippen molar-refractivity contribution in [2.45, 2.75) is 19.3 Å². The molecule has 0 bridgehead atoms. The van der Waals surface area contributed by atoms with Gasteiger partial charge in [0.1, 0.15) is 0 Å². The molecule has 0 heterocycles. The number of anilines is 1. The Morgan fingerprint density at radius 2 is 1.85 bits per heavy atom. The van der Waals surface area contributed by atoms with Gasteiger partial charge in [-0.2, -0.15) is 0 Å². The Kier molecular flexibility index (Phi) is 6.69. The van der Waals surface area contributed by atoms with Crippen molar-refractivity contribution in [3.05, 3.63) is 29.8 Å². The molecule has 1 aromatic rings. The highest BCUT2D eigenvalue weighted by Gasteiger charge is 2.07. The zero-order chi connectivity index (χ0) is 14.8. The molecule has 0 saturated heterocycles. The van der Waals surface area contributed by atoms with Crippen LogP contribution in [0.25, 0.3) is 0 Å². The number of nitrogens with two attached hydrogens (primary N) is 1. The molecule has 0 fully saturated rings. The summed E-state index contributed by atoms with van der Waals surface area (Å²) in [5.74, 6) is 2.03. The standard InChI is InChI=1S/C15H19N3O2/c1-2-3-4-5-10-17-14(19)11-18-15(20)12-6-8-13(16)9-7-12/h1,6-9H,3-5,10-11,16H2,(H,17,19)(H,18,20). The van der Waals surface area contributed by atoms with Crippen molar-refractivity contribution in [2.24, 2.45) is 0 Å². The number of nitrogens with one attached hydrogen (secondary N) is 2. The normalized spacial score (nSPS) is 9.55. The second-order valence-electron chi connectivity index (χ2n) is 4.32. The average Bonchev–Trinajstić information content (AvgIpc) is 2.45. The van der Waals surface area contributed by atoms with Gasteiger partial charge in [-0.3, -0.25) is 9.59 Å². The Balaban J connectivity index is 2.22. The van der Waals surface area contributed by atoms with E-state index < -0.39 is 0 Å². The van der Waals surface area contributed by atoms with Gasteiger partial charge in [0.25, 0.3) is 5.91 Å². The Hall–Kier alpha value is -2.48. The molecule has 0 spiro atoms. The summed E-state index contributed by atoms with van der Waals surface area (Å²) in [6.07, 6.45) is 7.55. The first-order chi connectivity index (χ1) is 9.63. The number of unbranched alkanes of at least 4 members (excludes halogenated alkanes) is 2. The van der Waals surface area contributed by atoms with E-state index >= 15 is 0 Å². The van der Waals surface area contributed by atoms with Crippen LogP contribution in [0.3, 0.4) is 0 Å². The Morgan fingerprint density at radius 3 is 2.50 bits per heavy atom. The summed E-state index contributed by atoms with van der Waals surface area (Å²) < 4.78 is 0. The van der Waals surface area contributed by atoms with E-state index in [1.165, 1.54) is 0 Å². The van der Waals surface area contributed by atoms with E-state index in [9.17, 15) is 9.59 Å². The second kappa shape index (κ2) is 8.59. The summed E-state index contributed by atoms with van der Waals surface area (Å²) in [5.41, 5.74) is 6.59. The monoisotopic (exact) mass is 273 g/mol. The maximum absolute atomic E-state index is 11.7. The molecule has 20 heavy (non-hydrogen) atoms. The number of rotatable bonds is 7. The van der Waals surface area contributed by atoms with Gasteiger partial charge in [0.15, 0.2) is 0 Å². The zero-order valence-corrected chi connectivity index (χ0v) is 11.3. The Labute approximate surface area is 118 Å². The van der Waals surface area contributed by atoms with Gasteiger partial charge in [0.2, 0.25) is 5.91 Å². The molecule has 0 atom stereocenters. The van der Waals surface area contributed by atoms with E-state index in [2.05, 4.69) is 16.6 Å². The molecular formula is C15H19N3O2. The molecule has 1 aromatic carbocycles. The third kappa shape index (κ3) is 5.91. The van der Waals surface area contributed by atoms with Crippen LogP contribution in [0.5, 0.6) is 0 Å². The lowest BCUT2D eigenvalue weighted by Crippen LogP contribution is -2.37. The van der Waals surface area contributed by atoms with Crippen LogP contribution in [0.1, 0.15) is 29.6 Å². The van der Waals surface area contributed by atoms with Gasteiger partial charge >= 0.3 is 0 Å². The van der Waals surface area contributed by atoms with E-state index in [4.69, 9.17) is 12.2 Å². The SMILES string of the molecule is C#CCCCCNC(=O)CNC(=O)c1ccc(N)cc1. The lowest BCUT2D eigenvalue weighted by molar-refractivity contribution is -0.120. The van der Waals surface area contributed by atoms with Crippen LogP contribution in [-0.4, -0.2) is 24.9 Å². The molecule has 5 nitrogen and oxygen atoms in total. The summed E-state index contributed by atoms with van der Waals surface area (Å²) in [6.45, 7) is 0.524. The fourth-order valence-corrected chi connectivity index (χ4v) is 1.54. The molecular weight excluding hydrogens is 254 g/mol. The molecule has 1 rings (SSSR count). The number of carbonyl (C=O) groups is 2. The number of carbonyl (C=O) groups excluding carboxylic acids is 2. The van der Waals surface area contributed by atoms with Gasteiger partial charge in [-0.1, -0.05) is 0 Å². The van der Waals surface area contributed by atoms with Crippen LogP contribution in [-0.2, 0) is 4.79 Å². The van der Waals surface area contributed by atoms with Gasteiger partial charge in [-0.05, 0) is 37.1 Å². The minimum atomic E-state index is -0.299. The van der Waals surface area contributed by atoms with Crippen molar-refractivity contribution in [1.29, 1.82) is 0 Å². The predicted octanol–water partition coefficient (Wildman–Crippen LogP) is 0.918. The molecule has 0 aliphatic heterocycles. The molecule has 0 aliphatic carbocycles. The van der Waals surface area contributed by atoms with Crippen LogP contribution in [0, 0.1) is 12.3 Å². The minimum Gasteiger partial charge on any atom is -0.399 e. The summed E-state index contributed by atoms with van der Waals surface area (Å²) >= 11 is 0. The largest absolute Gasteiger partial charge is 0.399 e. The number of nitrogen functional groups attached to an aromatic ring is 1. The van der Waals surface area contributed by atoms with Crippen LogP contribution in [0.15, 0.2) is 24.3 Å². The quantitative estimate of drug-likeness (QED) is 0.392. The van der Waals surface area contributed by atoms with Gasteiger partial charge in [-0.15, -0.1) is 12.3 Å².